The average Bonchev–Trinajstić information content (AvgIpc) is 2.88. The van der Waals surface area contributed by atoms with Crippen molar-refractivity contribution in [2.75, 3.05) is 32.8 Å². The maximum atomic E-state index is 13.3. The Kier molecular flexibility index (Phi) is 8.24. The molecule has 0 aromatic heterocycles. The summed E-state index contributed by atoms with van der Waals surface area (Å²) in [7, 11) is 0. The lowest BCUT2D eigenvalue weighted by atomic mass is 9.77. The molecule has 37 heavy (non-hydrogen) atoms. The van der Waals surface area contributed by atoms with Crippen molar-refractivity contribution in [3.05, 3.63) is 59.9 Å². The van der Waals surface area contributed by atoms with Gasteiger partial charge >= 0.3 is 6.36 Å². The van der Waals surface area contributed by atoms with Crippen molar-refractivity contribution in [1.29, 1.82) is 0 Å². The summed E-state index contributed by atoms with van der Waals surface area (Å²) >= 11 is 0. The minimum absolute atomic E-state index is 0.0188. The fourth-order valence-corrected chi connectivity index (χ4v) is 5.02. The minimum Gasteiger partial charge on any atom is -0.493 e. The normalized spacial score (nSPS) is 20.4. The van der Waals surface area contributed by atoms with Gasteiger partial charge in [-0.2, -0.15) is 0 Å². The van der Waals surface area contributed by atoms with Gasteiger partial charge in [-0.25, -0.2) is 4.39 Å². The first-order valence-electron chi connectivity index (χ1n) is 12.4. The Labute approximate surface area is 213 Å². The van der Waals surface area contributed by atoms with Crippen molar-refractivity contribution in [3.63, 3.8) is 0 Å². The van der Waals surface area contributed by atoms with Crippen molar-refractivity contribution >= 4 is 11.8 Å². The van der Waals surface area contributed by atoms with Gasteiger partial charge in [0.2, 0.25) is 5.91 Å². The van der Waals surface area contributed by atoms with Gasteiger partial charge in [0, 0.05) is 43.6 Å². The lowest BCUT2D eigenvalue weighted by molar-refractivity contribution is -0.274. The summed E-state index contributed by atoms with van der Waals surface area (Å²) in [6, 6.07) is 10.4. The summed E-state index contributed by atoms with van der Waals surface area (Å²) in [5, 5.41) is 0. The highest BCUT2D eigenvalue weighted by molar-refractivity contribution is 5.94. The first kappa shape index (κ1) is 26.8. The largest absolute Gasteiger partial charge is 0.573 e. The number of piperidine rings is 2. The van der Waals surface area contributed by atoms with E-state index in [1.54, 1.807) is 4.90 Å². The van der Waals surface area contributed by atoms with Crippen LogP contribution in [-0.2, 0) is 4.79 Å². The lowest BCUT2D eigenvalue weighted by Gasteiger charge is -2.43. The number of halogens is 4. The van der Waals surface area contributed by atoms with Crippen molar-refractivity contribution in [1.82, 2.24) is 9.80 Å². The van der Waals surface area contributed by atoms with Gasteiger partial charge in [0.25, 0.3) is 5.91 Å². The van der Waals surface area contributed by atoms with E-state index in [1.807, 2.05) is 4.90 Å². The van der Waals surface area contributed by atoms with Gasteiger partial charge in [-0.15, -0.1) is 13.2 Å². The molecule has 2 aliphatic rings. The Morgan fingerprint density at radius 2 is 1.46 bits per heavy atom. The second-order valence-electron chi connectivity index (χ2n) is 9.76. The zero-order chi connectivity index (χ0) is 26.5. The predicted molar refractivity (Wildman–Crippen MR) is 128 cm³/mol. The first-order chi connectivity index (χ1) is 17.6. The number of rotatable bonds is 7. The molecule has 2 amide bonds. The number of ether oxygens (including phenoxy) is 2. The van der Waals surface area contributed by atoms with Crippen molar-refractivity contribution in [2.24, 2.45) is 5.41 Å². The summed E-state index contributed by atoms with van der Waals surface area (Å²) in [5.41, 5.74) is -0.428. The van der Waals surface area contributed by atoms with E-state index in [1.165, 1.54) is 36.4 Å². The molecule has 6 nitrogen and oxygen atoms in total. The average molecular weight is 523 g/mol. The number of alkyl halides is 3. The Balaban J connectivity index is 1.50. The quantitative estimate of drug-likeness (QED) is 0.455. The maximum Gasteiger partial charge on any atom is 0.573 e. The van der Waals surface area contributed by atoms with Crippen LogP contribution in [-0.4, -0.2) is 60.8 Å². The second kappa shape index (κ2) is 11.4. The molecule has 1 atom stereocenters. The fourth-order valence-electron chi connectivity index (χ4n) is 5.02. The van der Waals surface area contributed by atoms with Crippen LogP contribution >= 0.6 is 0 Å². The minimum atomic E-state index is -4.82. The van der Waals surface area contributed by atoms with Gasteiger partial charge < -0.3 is 19.3 Å². The van der Waals surface area contributed by atoms with Gasteiger partial charge in [0.1, 0.15) is 17.3 Å². The van der Waals surface area contributed by atoms with Gasteiger partial charge in [0.15, 0.2) is 0 Å². The fraction of sp³-hybridized carbons (Fsp3) is 0.481. The number of benzene rings is 2. The smallest absolute Gasteiger partial charge is 0.493 e. The molecule has 2 fully saturated rings. The van der Waals surface area contributed by atoms with Gasteiger partial charge in [0.05, 0.1) is 6.61 Å². The monoisotopic (exact) mass is 522 g/mol. The van der Waals surface area contributed by atoms with Crippen LogP contribution < -0.4 is 9.47 Å². The van der Waals surface area contributed by atoms with E-state index in [-0.39, 0.29) is 42.8 Å². The third kappa shape index (κ3) is 7.36. The molecule has 200 valence electrons. The molecular weight excluding hydrogens is 492 g/mol. The van der Waals surface area contributed by atoms with Crippen LogP contribution in [0.4, 0.5) is 17.6 Å². The van der Waals surface area contributed by atoms with Crippen LogP contribution in [0.5, 0.6) is 11.5 Å². The second-order valence-corrected chi connectivity index (χ2v) is 9.76. The standard InChI is InChI=1S/C27H30F4N2O4/c28-21-7-11-22(12-8-21)36-19-26(17-24(34)32-14-2-1-3-15-32)13-4-16-33(18-26)25(35)20-5-9-23(10-6-20)37-27(29,30)31/h5-12H,1-4,13-19H2/t26-/m1/s1. The highest BCUT2D eigenvalue weighted by Gasteiger charge is 2.41. The summed E-state index contributed by atoms with van der Waals surface area (Å²) in [5.74, 6) is -0.643. The lowest BCUT2D eigenvalue weighted by Crippen LogP contribution is -2.51. The number of carbonyl (C=O) groups is 2. The molecule has 0 unspecified atom stereocenters. The topological polar surface area (TPSA) is 59.1 Å². The number of hydrogen-bond donors (Lipinski definition) is 0. The summed E-state index contributed by atoms with van der Waals surface area (Å²) in [6.07, 6.45) is -0.290. The van der Waals surface area contributed by atoms with E-state index < -0.39 is 17.5 Å². The maximum absolute atomic E-state index is 13.3. The van der Waals surface area contributed by atoms with Gasteiger partial charge in [-0.05, 0) is 80.6 Å². The summed E-state index contributed by atoms with van der Waals surface area (Å²) < 4.78 is 60.6. The molecule has 0 saturated carbocycles. The molecule has 0 radical (unpaired) electrons. The zero-order valence-electron chi connectivity index (χ0n) is 20.4. The third-order valence-electron chi connectivity index (χ3n) is 6.88. The van der Waals surface area contributed by atoms with E-state index in [2.05, 4.69) is 4.74 Å². The van der Waals surface area contributed by atoms with Crippen molar-refractivity contribution in [2.45, 2.75) is 44.9 Å². The Hall–Kier alpha value is -3.30. The van der Waals surface area contributed by atoms with Crippen LogP contribution in [0.2, 0.25) is 0 Å². The number of carbonyl (C=O) groups excluding carboxylic acids is 2. The summed E-state index contributed by atoms with van der Waals surface area (Å²) in [4.78, 5) is 30.0. The van der Waals surface area contributed by atoms with Crippen molar-refractivity contribution < 1.29 is 36.6 Å². The molecule has 2 heterocycles. The highest BCUT2D eigenvalue weighted by atomic mass is 19.4. The molecule has 2 aliphatic heterocycles. The van der Waals surface area contributed by atoms with E-state index in [4.69, 9.17) is 4.74 Å². The van der Waals surface area contributed by atoms with Crippen LogP contribution in [0.25, 0.3) is 0 Å². The Morgan fingerprint density at radius 3 is 2.11 bits per heavy atom. The Morgan fingerprint density at radius 1 is 0.838 bits per heavy atom. The summed E-state index contributed by atoms with van der Waals surface area (Å²) in [6.45, 7) is 2.30. The first-order valence-corrected chi connectivity index (χ1v) is 12.4. The van der Waals surface area contributed by atoms with Crippen molar-refractivity contribution in [3.8, 4) is 11.5 Å². The van der Waals surface area contributed by atoms with E-state index in [0.29, 0.717) is 38.2 Å². The third-order valence-corrected chi connectivity index (χ3v) is 6.88. The molecule has 10 heteroatoms. The molecule has 4 rings (SSSR count). The SMILES string of the molecule is O=C(C[C@]1(COc2ccc(F)cc2)CCCN(C(=O)c2ccc(OC(F)(F)F)cc2)C1)N1CCCCC1. The van der Waals surface area contributed by atoms with E-state index in [9.17, 15) is 27.2 Å². The molecule has 0 bridgehead atoms. The molecular formula is C27H30F4N2O4. The molecule has 0 aliphatic carbocycles. The number of amides is 2. The van der Waals surface area contributed by atoms with Crippen LogP contribution in [0.1, 0.15) is 48.9 Å². The predicted octanol–water partition coefficient (Wildman–Crippen LogP) is 5.43. The van der Waals surface area contributed by atoms with E-state index in [0.717, 1.165) is 31.4 Å². The number of hydrogen-bond acceptors (Lipinski definition) is 4. The molecule has 0 spiro atoms. The van der Waals surface area contributed by atoms with Gasteiger partial charge in [-0.1, -0.05) is 0 Å². The van der Waals surface area contributed by atoms with E-state index >= 15 is 0 Å². The molecule has 2 saturated heterocycles. The van der Waals surface area contributed by atoms with Crippen LogP contribution in [0.15, 0.2) is 48.5 Å². The molecule has 0 N–H and O–H groups in total. The van der Waals surface area contributed by atoms with Crippen LogP contribution in [0.3, 0.4) is 0 Å². The number of likely N-dealkylation sites (tertiary alicyclic amines) is 2. The number of nitrogens with zero attached hydrogens (tertiary/aromatic N) is 2. The Bertz CT molecular complexity index is 1070. The van der Waals surface area contributed by atoms with Gasteiger partial charge in [-0.3, -0.25) is 9.59 Å². The zero-order valence-corrected chi connectivity index (χ0v) is 20.4. The molecule has 2 aromatic carbocycles. The molecule has 2 aromatic rings. The van der Waals surface area contributed by atoms with Crippen LogP contribution in [0, 0.1) is 11.2 Å². The highest BCUT2D eigenvalue weighted by Crippen LogP contribution is 2.36.